The fourth-order valence-corrected chi connectivity index (χ4v) is 12.6. The van der Waals surface area contributed by atoms with E-state index in [0.717, 1.165) is 90.5 Å². The van der Waals surface area contributed by atoms with Gasteiger partial charge in [0.2, 0.25) is 0 Å². The molecule has 0 amide bonds. The maximum atomic E-state index is 6.55. The Balaban J connectivity index is 0.747. The van der Waals surface area contributed by atoms with E-state index in [0.29, 0.717) is 0 Å². The number of hydrogen-bond donors (Lipinski definition) is 0. The van der Waals surface area contributed by atoms with Crippen LogP contribution in [0.4, 0.5) is 11.4 Å². The number of fused-ring (bicyclic) bond motifs is 9. The van der Waals surface area contributed by atoms with E-state index in [1.165, 1.54) is 61.2 Å². The smallest absolute Gasteiger partial charge is 0.143 e. The Kier molecular flexibility index (Phi) is 10.9. The van der Waals surface area contributed by atoms with E-state index in [4.69, 9.17) is 8.83 Å². The first-order valence-electron chi connectivity index (χ1n) is 27.0. The van der Waals surface area contributed by atoms with Crippen LogP contribution >= 0.6 is 0 Å². The van der Waals surface area contributed by atoms with Crippen molar-refractivity contribution in [1.29, 1.82) is 0 Å². The Morgan fingerprint density at radius 3 is 1.45 bits per heavy atom. The SMILES string of the molecule is c1ccc(C2(c3ccccc3)c3ccccc3-c3cc(-c4ccc(-c5cccc(CCN(c6ccc(-c7cccc8c7oc7ccccc78)cc6)c6cccc(-c7cccc8c7oc7ccccc78)c6)c5)cc4)ccc32)cc1. The Morgan fingerprint density at radius 1 is 0.295 bits per heavy atom. The highest BCUT2D eigenvalue weighted by Crippen LogP contribution is 2.56. The van der Waals surface area contributed by atoms with Gasteiger partial charge in [-0.25, -0.2) is 0 Å². The molecule has 78 heavy (non-hydrogen) atoms. The Hall–Kier alpha value is -9.96. The molecule has 2 heterocycles. The van der Waals surface area contributed by atoms with E-state index < -0.39 is 5.41 Å². The van der Waals surface area contributed by atoms with Crippen molar-refractivity contribution in [2.24, 2.45) is 0 Å². The molecule has 0 atom stereocenters. The molecule has 15 rings (SSSR count). The zero-order valence-electron chi connectivity index (χ0n) is 42.8. The van der Waals surface area contributed by atoms with Crippen LogP contribution in [0, 0.1) is 0 Å². The normalized spacial score (nSPS) is 12.6. The molecule has 0 radical (unpaired) electrons. The van der Waals surface area contributed by atoms with Gasteiger partial charge in [-0.2, -0.15) is 0 Å². The van der Waals surface area contributed by atoms with Crippen LogP contribution in [0.25, 0.3) is 99.5 Å². The topological polar surface area (TPSA) is 29.5 Å². The highest BCUT2D eigenvalue weighted by atomic mass is 16.3. The summed E-state index contributed by atoms with van der Waals surface area (Å²) in [4.78, 5) is 2.45. The predicted molar refractivity (Wildman–Crippen MR) is 324 cm³/mol. The van der Waals surface area contributed by atoms with Crippen molar-refractivity contribution in [2.75, 3.05) is 11.4 Å². The maximum Gasteiger partial charge on any atom is 0.143 e. The molecular formula is C75H51NO2. The average Bonchev–Trinajstić information content (AvgIpc) is 4.36. The van der Waals surface area contributed by atoms with Crippen LogP contribution in [0.3, 0.4) is 0 Å². The Morgan fingerprint density at radius 2 is 0.782 bits per heavy atom. The second-order valence-corrected chi connectivity index (χ2v) is 20.6. The summed E-state index contributed by atoms with van der Waals surface area (Å²) in [6, 6.07) is 104. The third kappa shape index (κ3) is 7.50. The maximum absolute atomic E-state index is 6.55. The zero-order valence-corrected chi connectivity index (χ0v) is 42.8. The fourth-order valence-electron chi connectivity index (χ4n) is 12.6. The minimum atomic E-state index is -0.411. The van der Waals surface area contributed by atoms with E-state index in [1.807, 2.05) is 18.2 Å². The van der Waals surface area contributed by atoms with Gasteiger partial charge in [0.15, 0.2) is 0 Å². The van der Waals surface area contributed by atoms with Crippen LogP contribution in [0.5, 0.6) is 0 Å². The van der Waals surface area contributed by atoms with Gasteiger partial charge in [0.25, 0.3) is 0 Å². The molecule has 14 aromatic rings. The van der Waals surface area contributed by atoms with Crippen molar-refractivity contribution in [1.82, 2.24) is 0 Å². The van der Waals surface area contributed by atoms with Crippen molar-refractivity contribution in [3.63, 3.8) is 0 Å². The minimum Gasteiger partial charge on any atom is -0.455 e. The summed E-state index contributed by atoms with van der Waals surface area (Å²) in [6.07, 6.45) is 0.833. The van der Waals surface area contributed by atoms with Crippen LogP contribution in [0.15, 0.2) is 294 Å². The lowest BCUT2D eigenvalue weighted by atomic mass is 9.67. The van der Waals surface area contributed by atoms with Crippen LogP contribution in [-0.4, -0.2) is 6.54 Å². The number of furan rings is 2. The highest BCUT2D eigenvalue weighted by Gasteiger charge is 2.46. The third-order valence-corrected chi connectivity index (χ3v) is 16.3. The fraction of sp³-hybridized carbons (Fsp3) is 0.0400. The first-order valence-corrected chi connectivity index (χ1v) is 27.0. The van der Waals surface area contributed by atoms with Crippen LogP contribution < -0.4 is 4.90 Å². The van der Waals surface area contributed by atoms with Gasteiger partial charge in [0.05, 0.1) is 5.41 Å². The molecule has 3 nitrogen and oxygen atoms in total. The first-order chi connectivity index (χ1) is 38.7. The number of para-hydroxylation sites is 4. The van der Waals surface area contributed by atoms with Gasteiger partial charge < -0.3 is 13.7 Å². The Labute approximate surface area is 453 Å². The van der Waals surface area contributed by atoms with E-state index in [-0.39, 0.29) is 0 Å². The molecule has 0 fully saturated rings. The van der Waals surface area contributed by atoms with E-state index in [1.54, 1.807) is 0 Å². The van der Waals surface area contributed by atoms with E-state index in [2.05, 4.69) is 272 Å². The molecule has 0 bridgehead atoms. The van der Waals surface area contributed by atoms with Gasteiger partial charge in [0, 0.05) is 50.6 Å². The molecule has 0 saturated carbocycles. The number of hydrogen-bond acceptors (Lipinski definition) is 3. The number of rotatable bonds is 11. The third-order valence-electron chi connectivity index (χ3n) is 16.3. The highest BCUT2D eigenvalue weighted by molar-refractivity contribution is 6.11. The van der Waals surface area contributed by atoms with Crippen molar-refractivity contribution in [3.05, 3.63) is 313 Å². The van der Waals surface area contributed by atoms with Gasteiger partial charge in [-0.05, 0) is 121 Å². The van der Waals surface area contributed by atoms with E-state index >= 15 is 0 Å². The molecule has 0 aliphatic heterocycles. The lowest BCUT2D eigenvalue weighted by Crippen LogP contribution is -2.28. The molecule has 3 heteroatoms. The summed E-state index contributed by atoms with van der Waals surface area (Å²) >= 11 is 0. The lowest BCUT2D eigenvalue weighted by molar-refractivity contribution is 0.669. The van der Waals surface area contributed by atoms with Crippen molar-refractivity contribution < 1.29 is 8.83 Å². The summed E-state index contributed by atoms with van der Waals surface area (Å²) in [6.45, 7) is 0.760. The quantitative estimate of drug-likeness (QED) is 0.129. The minimum absolute atomic E-state index is 0.411. The molecule has 0 unspecified atom stereocenters. The summed E-state index contributed by atoms with van der Waals surface area (Å²) in [5.74, 6) is 0. The summed E-state index contributed by atoms with van der Waals surface area (Å²) in [5.41, 5.74) is 23.7. The molecule has 0 spiro atoms. The van der Waals surface area contributed by atoms with Gasteiger partial charge in [-0.15, -0.1) is 0 Å². The molecule has 1 aliphatic carbocycles. The standard InChI is InChI=1S/C75H51NO2/c1-3-20-57(21-4-1)75(58-22-5-2-6-23-58)69-32-10-7-25-63(69)68-49-55(41-44-70(68)75)52-37-35-51(36-38-52)54-18-13-17-50(47-54)45-46-76(59-42-39-53(40-43-59)61-28-15-30-66-64-26-8-11-33-71(64)77-73(61)66)60-24-14-19-56(48-60)62-29-16-31-67-65-27-9-12-34-72(65)78-74(62)67/h1-44,47-49H,45-46H2. The van der Waals surface area contributed by atoms with Crippen LogP contribution in [0.1, 0.15) is 27.8 Å². The molecule has 368 valence electrons. The molecule has 12 aromatic carbocycles. The second-order valence-electron chi connectivity index (χ2n) is 20.6. The lowest BCUT2D eigenvalue weighted by Gasteiger charge is -2.33. The molecule has 0 N–H and O–H groups in total. The average molecular weight is 998 g/mol. The number of nitrogens with zero attached hydrogens (tertiary/aromatic N) is 1. The van der Waals surface area contributed by atoms with Gasteiger partial charge in [-0.1, -0.05) is 243 Å². The summed E-state index contributed by atoms with van der Waals surface area (Å²) in [7, 11) is 0. The molecule has 1 aliphatic rings. The van der Waals surface area contributed by atoms with Gasteiger partial charge in [0.1, 0.15) is 22.3 Å². The van der Waals surface area contributed by atoms with Crippen molar-refractivity contribution >= 4 is 55.3 Å². The molecule has 0 saturated heterocycles. The van der Waals surface area contributed by atoms with Crippen LogP contribution in [0.2, 0.25) is 0 Å². The van der Waals surface area contributed by atoms with E-state index in [9.17, 15) is 0 Å². The molecule has 2 aromatic heterocycles. The van der Waals surface area contributed by atoms with Crippen LogP contribution in [-0.2, 0) is 11.8 Å². The first kappa shape index (κ1) is 45.4. The summed E-state index contributed by atoms with van der Waals surface area (Å²) < 4.78 is 13.0. The van der Waals surface area contributed by atoms with Gasteiger partial charge >= 0.3 is 0 Å². The molecular weight excluding hydrogens is 947 g/mol. The van der Waals surface area contributed by atoms with Crippen molar-refractivity contribution in [2.45, 2.75) is 11.8 Å². The van der Waals surface area contributed by atoms with Gasteiger partial charge in [-0.3, -0.25) is 0 Å². The largest absolute Gasteiger partial charge is 0.455 e. The summed E-state index contributed by atoms with van der Waals surface area (Å²) in [5, 5.41) is 4.51. The number of anilines is 2. The number of benzene rings is 12. The predicted octanol–water partition coefficient (Wildman–Crippen LogP) is 19.9. The van der Waals surface area contributed by atoms with Crippen molar-refractivity contribution in [3.8, 4) is 55.6 Å². The Bertz CT molecular complexity index is 4510. The monoisotopic (exact) mass is 997 g/mol. The zero-order chi connectivity index (χ0) is 51.6. The second kappa shape index (κ2) is 18.7.